The second-order valence-corrected chi connectivity index (χ2v) is 8.48. The van der Waals surface area contributed by atoms with Gasteiger partial charge in [-0.1, -0.05) is 12.1 Å². The molecule has 9 heteroatoms. The van der Waals surface area contributed by atoms with Crippen LogP contribution in [0.25, 0.3) is 10.2 Å². The molecule has 6 nitrogen and oxygen atoms in total. The fraction of sp³-hybridized carbons (Fsp3) is 0.250. The third kappa shape index (κ3) is 2.88. The average Bonchev–Trinajstić information content (AvgIpc) is 3.11. The number of halogens is 1. The maximum atomic E-state index is 13.9. The maximum absolute atomic E-state index is 13.9. The van der Waals surface area contributed by atoms with E-state index in [2.05, 4.69) is 9.97 Å². The van der Waals surface area contributed by atoms with Gasteiger partial charge in [0.1, 0.15) is 22.9 Å². The van der Waals surface area contributed by atoms with Gasteiger partial charge in [-0.2, -0.15) is 4.31 Å². The lowest BCUT2D eigenvalue weighted by Gasteiger charge is -2.34. The molecule has 2 aromatic heterocycles. The number of nitrogens with zero attached hydrogens (tertiary/aromatic N) is 4. The zero-order valence-electron chi connectivity index (χ0n) is 13.2. The maximum Gasteiger partial charge on any atom is 0.246 e. The zero-order chi connectivity index (χ0) is 17.4. The number of piperazine rings is 1. The predicted molar refractivity (Wildman–Crippen MR) is 94.8 cm³/mol. The molecule has 0 atom stereocenters. The lowest BCUT2D eigenvalue weighted by molar-refractivity contribution is 0.381. The van der Waals surface area contributed by atoms with E-state index in [1.807, 2.05) is 16.3 Å². The van der Waals surface area contributed by atoms with E-state index in [0.29, 0.717) is 13.1 Å². The first-order valence-electron chi connectivity index (χ1n) is 7.75. The largest absolute Gasteiger partial charge is 0.353 e. The minimum Gasteiger partial charge on any atom is -0.353 e. The van der Waals surface area contributed by atoms with E-state index in [0.717, 1.165) is 22.1 Å². The fourth-order valence-electron chi connectivity index (χ4n) is 2.93. The number of hydrogen-bond acceptors (Lipinski definition) is 6. The average molecular weight is 378 g/mol. The summed E-state index contributed by atoms with van der Waals surface area (Å²) >= 11 is 1.56. The Morgan fingerprint density at radius 3 is 2.56 bits per heavy atom. The van der Waals surface area contributed by atoms with Crippen LogP contribution < -0.4 is 4.90 Å². The van der Waals surface area contributed by atoms with Gasteiger partial charge in [-0.05, 0) is 23.6 Å². The van der Waals surface area contributed by atoms with Gasteiger partial charge in [-0.25, -0.2) is 22.8 Å². The molecule has 0 amide bonds. The number of hydrogen-bond donors (Lipinski definition) is 0. The summed E-state index contributed by atoms with van der Waals surface area (Å²) in [7, 11) is -3.83. The second kappa shape index (κ2) is 6.32. The summed E-state index contributed by atoms with van der Waals surface area (Å²) in [6, 6.07) is 7.41. The molecule has 3 aromatic rings. The highest BCUT2D eigenvalue weighted by Crippen LogP contribution is 2.29. The highest BCUT2D eigenvalue weighted by Gasteiger charge is 2.31. The Morgan fingerprint density at radius 2 is 1.80 bits per heavy atom. The van der Waals surface area contributed by atoms with E-state index in [9.17, 15) is 12.8 Å². The zero-order valence-corrected chi connectivity index (χ0v) is 14.8. The highest BCUT2D eigenvalue weighted by atomic mass is 32.2. The Kier molecular flexibility index (Phi) is 4.14. The minimum absolute atomic E-state index is 0.272. The van der Waals surface area contributed by atoms with Crippen LogP contribution in [0.15, 0.2) is 46.9 Å². The van der Waals surface area contributed by atoms with Crippen LogP contribution in [0, 0.1) is 5.82 Å². The minimum atomic E-state index is -3.83. The van der Waals surface area contributed by atoms with Gasteiger partial charge < -0.3 is 4.90 Å². The molecule has 0 bridgehead atoms. The molecule has 0 unspecified atom stereocenters. The van der Waals surface area contributed by atoms with Gasteiger partial charge in [-0.3, -0.25) is 0 Å². The summed E-state index contributed by atoms with van der Waals surface area (Å²) in [5.74, 6) is 0.101. The molecule has 1 aromatic carbocycles. The first-order chi connectivity index (χ1) is 12.1. The molecule has 0 spiro atoms. The van der Waals surface area contributed by atoms with Crippen LogP contribution in [-0.4, -0.2) is 48.9 Å². The van der Waals surface area contributed by atoms with Crippen molar-refractivity contribution in [1.29, 1.82) is 0 Å². The van der Waals surface area contributed by atoms with Gasteiger partial charge in [0, 0.05) is 26.2 Å². The van der Waals surface area contributed by atoms with Gasteiger partial charge in [0.25, 0.3) is 0 Å². The molecule has 0 saturated carbocycles. The lowest BCUT2D eigenvalue weighted by Crippen LogP contribution is -2.49. The quantitative estimate of drug-likeness (QED) is 0.700. The Morgan fingerprint density at radius 1 is 1.04 bits per heavy atom. The SMILES string of the molecule is O=S(=O)(c1ccccc1F)N1CCN(c2ncnc3ccsc23)CC1. The van der Waals surface area contributed by atoms with Crippen LogP contribution in [0.1, 0.15) is 0 Å². The Hall–Kier alpha value is -2.10. The van der Waals surface area contributed by atoms with Crippen molar-refractivity contribution in [3.8, 4) is 0 Å². The number of thiophene rings is 1. The topological polar surface area (TPSA) is 66.4 Å². The van der Waals surface area contributed by atoms with Crippen LogP contribution in [0.2, 0.25) is 0 Å². The monoisotopic (exact) mass is 378 g/mol. The van der Waals surface area contributed by atoms with E-state index in [-0.39, 0.29) is 18.0 Å². The molecule has 1 aliphatic rings. The van der Waals surface area contributed by atoms with Crippen molar-refractivity contribution in [2.24, 2.45) is 0 Å². The lowest BCUT2D eigenvalue weighted by atomic mass is 10.3. The summed E-state index contributed by atoms with van der Waals surface area (Å²) in [6.45, 7) is 1.57. The van der Waals surface area contributed by atoms with Crippen LogP contribution in [0.3, 0.4) is 0 Å². The van der Waals surface area contributed by atoms with Crippen molar-refractivity contribution >= 4 is 37.4 Å². The molecule has 25 heavy (non-hydrogen) atoms. The number of aromatic nitrogens is 2. The smallest absolute Gasteiger partial charge is 0.246 e. The Balaban J connectivity index is 1.56. The molecule has 0 aliphatic carbocycles. The third-order valence-electron chi connectivity index (χ3n) is 4.22. The number of anilines is 1. The van der Waals surface area contributed by atoms with Crippen LogP contribution >= 0.6 is 11.3 Å². The van der Waals surface area contributed by atoms with Crippen LogP contribution in [0.4, 0.5) is 10.2 Å². The van der Waals surface area contributed by atoms with Gasteiger partial charge >= 0.3 is 0 Å². The molecule has 130 valence electrons. The first-order valence-corrected chi connectivity index (χ1v) is 10.1. The van der Waals surface area contributed by atoms with Gasteiger partial charge in [0.15, 0.2) is 0 Å². The number of rotatable bonds is 3. The summed E-state index contributed by atoms with van der Waals surface area (Å²) in [5.41, 5.74) is 0.886. The third-order valence-corrected chi connectivity index (χ3v) is 7.05. The summed E-state index contributed by atoms with van der Waals surface area (Å²) < 4.78 is 41.5. The standard InChI is InChI=1S/C16H15FN4O2S2/c17-12-3-1-2-4-14(12)25(22,23)21-8-6-20(7-9-21)16-15-13(5-10-24-15)18-11-19-16/h1-5,10-11H,6-9H2. The van der Waals surface area contributed by atoms with Crippen LogP contribution in [0.5, 0.6) is 0 Å². The first kappa shape index (κ1) is 16.4. The van der Waals surface area contributed by atoms with Crippen molar-refractivity contribution in [3.05, 3.63) is 47.9 Å². The highest BCUT2D eigenvalue weighted by molar-refractivity contribution is 7.89. The Labute approximate surface area is 148 Å². The van der Waals surface area contributed by atoms with Crippen LogP contribution in [-0.2, 0) is 10.0 Å². The van der Waals surface area contributed by atoms with Crippen molar-refractivity contribution < 1.29 is 12.8 Å². The second-order valence-electron chi connectivity index (χ2n) is 5.65. The molecule has 0 radical (unpaired) electrons. The molecule has 1 aliphatic heterocycles. The molecule has 3 heterocycles. The predicted octanol–water partition coefficient (Wildman–Crippen LogP) is 2.34. The summed E-state index contributed by atoms with van der Waals surface area (Å²) in [4.78, 5) is 10.4. The fourth-order valence-corrected chi connectivity index (χ4v) is 5.28. The molecule has 0 N–H and O–H groups in total. The molecule has 4 rings (SSSR count). The normalized spacial score (nSPS) is 16.4. The molecule has 1 saturated heterocycles. The van der Waals surface area contributed by atoms with Gasteiger partial charge in [0.2, 0.25) is 10.0 Å². The van der Waals surface area contributed by atoms with Gasteiger partial charge in [0.05, 0.1) is 10.2 Å². The van der Waals surface area contributed by atoms with Gasteiger partial charge in [-0.15, -0.1) is 11.3 Å². The number of fused-ring (bicyclic) bond motifs is 1. The van der Waals surface area contributed by atoms with Crippen molar-refractivity contribution in [2.45, 2.75) is 4.90 Å². The van der Waals surface area contributed by atoms with E-state index >= 15 is 0 Å². The van der Waals surface area contributed by atoms with Crippen molar-refractivity contribution in [2.75, 3.05) is 31.1 Å². The van der Waals surface area contributed by atoms with E-state index in [4.69, 9.17) is 0 Å². The van der Waals surface area contributed by atoms with E-state index < -0.39 is 15.8 Å². The summed E-state index contributed by atoms with van der Waals surface area (Å²) in [6.07, 6.45) is 1.52. The molecular weight excluding hydrogens is 363 g/mol. The molecule has 1 fully saturated rings. The summed E-state index contributed by atoms with van der Waals surface area (Å²) in [5, 5.41) is 1.96. The Bertz CT molecular complexity index is 1010. The van der Waals surface area contributed by atoms with E-state index in [1.54, 1.807) is 11.3 Å². The molecular formula is C16H15FN4O2S2. The number of sulfonamides is 1. The number of benzene rings is 1. The van der Waals surface area contributed by atoms with Crippen molar-refractivity contribution in [1.82, 2.24) is 14.3 Å². The van der Waals surface area contributed by atoms with E-state index in [1.165, 1.54) is 28.8 Å². The van der Waals surface area contributed by atoms with Crippen molar-refractivity contribution in [3.63, 3.8) is 0 Å².